The number of phenolic OH excluding ortho intramolecular Hbond substituents is 1. The largest absolute Gasteiger partial charge is 0.507 e. The summed E-state index contributed by atoms with van der Waals surface area (Å²) in [6.45, 7) is 5.77. The lowest BCUT2D eigenvalue weighted by Crippen LogP contribution is -2.35. The molecule has 2 aliphatic heterocycles. The third-order valence-electron chi connectivity index (χ3n) is 6.17. The first kappa shape index (κ1) is 20.7. The fourth-order valence-corrected chi connectivity index (χ4v) is 4.63. The van der Waals surface area contributed by atoms with Crippen molar-refractivity contribution in [3.63, 3.8) is 0 Å². The molecule has 0 aromatic heterocycles. The van der Waals surface area contributed by atoms with Gasteiger partial charge in [-0.25, -0.2) is 0 Å². The van der Waals surface area contributed by atoms with Gasteiger partial charge < -0.3 is 29.0 Å². The molecule has 0 radical (unpaired) electrons. The van der Waals surface area contributed by atoms with Gasteiger partial charge in [-0.15, -0.1) is 0 Å². The minimum atomic E-state index is -0.0439. The molecule has 2 aliphatic rings. The Morgan fingerprint density at radius 2 is 1.97 bits per heavy atom. The smallest absolute Gasteiger partial charge is 0.231 e. The molecule has 1 N–H and O–H groups in total. The minimum absolute atomic E-state index is 0.0439. The molecule has 2 aromatic rings. The molecule has 2 aromatic carbocycles. The molecule has 1 fully saturated rings. The van der Waals surface area contributed by atoms with Gasteiger partial charge in [-0.1, -0.05) is 13.0 Å². The van der Waals surface area contributed by atoms with Gasteiger partial charge in [0.05, 0.1) is 14.2 Å². The van der Waals surface area contributed by atoms with E-state index in [1.165, 1.54) is 12.8 Å². The molecule has 0 saturated carbocycles. The Balaban J connectivity index is 1.68. The molecular weight excluding hydrogens is 382 g/mol. The molecule has 0 bridgehead atoms. The second kappa shape index (κ2) is 9.04. The van der Waals surface area contributed by atoms with Crippen molar-refractivity contribution in [1.29, 1.82) is 0 Å². The second-order valence-corrected chi connectivity index (χ2v) is 8.26. The van der Waals surface area contributed by atoms with Gasteiger partial charge in [0.15, 0.2) is 11.5 Å². The number of fused-ring (bicyclic) bond motifs is 1. The minimum Gasteiger partial charge on any atom is -0.507 e. The number of likely N-dealkylation sites (tertiary alicyclic amines) is 1. The van der Waals surface area contributed by atoms with Crippen molar-refractivity contribution in [2.24, 2.45) is 5.92 Å². The van der Waals surface area contributed by atoms with Crippen LogP contribution < -0.4 is 18.9 Å². The van der Waals surface area contributed by atoms with E-state index in [-0.39, 0.29) is 18.5 Å². The van der Waals surface area contributed by atoms with Crippen LogP contribution in [0, 0.1) is 5.92 Å². The maximum absolute atomic E-state index is 10.9. The first-order chi connectivity index (χ1) is 14.6. The summed E-state index contributed by atoms with van der Waals surface area (Å²) in [4.78, 5) is 2.53. The van der Waals surface area contributed by atoms with Crippen LogP contribution in [-0.4, -0.2) is 50.7 Å². The maximum Gasteiger partial charge on any atom is 0.231 e. The summed E-state index contributed by atoms with van der Waals surface area (Å²) in [5, 5.41) is 10.9. The Bertz CT molecular complexity index is 884. The fourth-order valence-electron chi connectivity index (χ4n) is 4.63. The van der Waals surface area contributed by atoms with Crippen LogP contribution in [-0.2, 0) is 0 Å². The van der Waals surface area contributed by atoms with Crippen molar-refractivity contribution >= 4 is 0 Å². The molecule has 0 aliphatic carbocycles. The summed E-state index contributed by atoms with van der Waals surface area (Å²) >= 11 is 0. The van der Waals surface area contributed by atoms with E-state index >= 15 is 0 Å². The highest BCUT2D eigenvalue weighted by Crippen LogP contribution is 2.45. The number of rotatable bonds is 7. The molecule has 2 heterocycles. The van der Waals surface area contributed by atoms with Gasteiger partial charge in [0.1, 0.15) is 17.2 Å². The highest BCUT2D eigenvalue weighted by molar-refractivity contribution is 5.56. The first-order valence-electron chi connectivity index (χ1n) is 10.7. The molecule has 2 atom stereocenters. The number of aromatic hydroxyl groups is 1. The number of benzene rings is 2. The SMILES string of the molecule is COc1cc(O)c([C@H](CCN2CCC[C@H](C)C2)c2ccc3c(c2)OCO3)c(OC)c1. The van der Waals surface area contributed by atoms with Gasteiger partial charge in [-0.05, 0) is 56.0 Å². The second-order valence-electron chi connectivity index (χ2n) is 8.26. The van der Waals surface area contributed by atoms with Crippen LogP contribution in [0.25, 0.3) is 0 Å². The topological polar surface area (TPSA) is 60.4 Å². The predicted octanol–water partition coefficient (Wildman–Crippen LogP) is 4.39. The monoisotopic (exact) mass is 413 g/mol. The average Bonchev–Trinajstić information content (AvgIpc) is 3.22. The number of phenols is 1. The summed E-state index contributed by atoms with van der Waals surface area (Å²) in [7, 11) is 3.21. The van der Waals surface area contributed by atoms with Crippen LogP contribution in [0.3, 0.4) is 0 Å². The lowest BCUT2D eigenvalue weighted by molar-refractivity contribution is 0.174. The summed E-state index contributed by atoms with van der Waals surface area (Å²) in [6, 6.07) is 9.51. The normalized spacial score (nSPS) is 19.5. The maximum atomic E-state index is 10.9. The summed E-state index contributed by atoms with van der Waals surface area (Å²) in [5.74, 6) is 3.57. The summed E-state index contributed by atoms with van der Waals surface area (Å²) in [6.07, 6.45) is 3.41. The zero-order chi connectivity index (χ0) is 21.1. The van der Waals surface area contributed by atoms with Crippen molar-refractivity contribution in [1.82, 2.24) is 4.90 Å². The van der Waals surface area contributed by atoms with Crippen molar-refractivity contribution in [3.05, 3.63) is 41.5 Å². The van der Waals surface area contributed by atoms with E-state index in [2.05, 4.69) is 17.9 Å². The van der Waals surface area contributed by atoms with E-state index < -0.39 is 0 Å². The van der Waals surface area contributed by atoms with Crippen LogP contribution >= 0.6 is 0 Å². The van der Waals surface area contributed by atoms with Crippen molar-refractivity contribution < 1.29 is 24.1 Å². The number of nitrogens with zero attached hydrogens (tertiary/aromatic N) is 1. The number of piperidine rings is 1. The van der Waals surface area contributed by atoms with Crippen molar-refractivity contribution in [2.45, 2.75) is 32.1 Å². The Hall–Kier alpha value is -2.60. The third kappa shape index (κ3) is 4.29. The third-order valence-corrected chi connectivity index (χ3v) is 6.17. The van der Waals surface area contributed by atoms with E-state index in [0.717, 1.165) is 54.6 Å². The number of hydrogen-bond acceptors (Lipinski definition) is 6. The van der Waals surface area contributed by atoms with Gasteiger partial charge in [-0.2, -0.15) is 0 Å². The van der Waals surface area contributed by atoms with Gasteiger partial charge in [0, 0.05) is 30.2 Å². The highest BCUT2D eigenvalue weighted by Gasteiger charge is 2.27. The van der Waals surface area contributed by atoms with E-state index in [4.69, 9.17) is 18.9 Å². The van der Waals surface area contributed by atoms with Crippen molar-refractivity contribution in [3.8, 4) is 28.7 Å². The van der Waals surface area contributed by atoms with Gasteiger partial charge >= 0.3 is 0 Å². The summed E-state index contributed by atoms with van der Waals surface area (Å²) < 4.78 is 22.1. The zero-order valence-electron chi connectivity index (χ0n) is 18.0. The number of ether oxygens (including phenoxy) is 4. The Labute approximate surface area is 178 Å². The number of methoxy groups -OCH3 is 2. The quantitative estimate of drug-likeness (QED) is 0.726. The standard InChI is InChI=1S/C24H31NO5/c1-16-5-4-9-25(14-16)10-8-19(17-6-7-21-22(11-17)30-15-29-21)24-20(26)12-18(27-2)13-23(24)28-3/h6-7,11-13,16,19,26H,4-5,8-10,14-15H2,1-3H3/t16-,19+/m0/s1. The Morgan fingerprint density at radius 1 is 1.13 bits per heavy atom. The lowest BCUT2D eigenvalue weighted by Gasteiger charge is -2.32. The summed E-state index contributed by atoms with van der Waals surface area (Å²) in [5.41, 5.74) is 1.85. The lowest BCUT2D eigenvalue weighted by atomic mass is 9.86. The van der Waals surface area contributed by atoms with Crippen LogP contribution in [0.1, 0.15) is 43.2 Å². The molecule has 6 nitrogen and oxygen atoms in total. The molecular formula is C24H31NO5. The molecule has 0 spiro atoms. The van der Waals surface area contributed by atoms with Crippen LogP contribution in [0.4, 0.5) is 0 Å². The van der Waals surface area contributed by atoms with Gasteiger partial charge in [0.25, 0.3) is 0 Å². The molecule has 4 rings (SSSR count). The van der Waals surface area contributed by atoms with Gasteiger partial charge in [-0.3, -0.25) is 0 Å². The Morgan fingerprint density at radius 3 is 2.73 bits per heavy atom. The fraction of sp³-hybridized carbons (Fsp3) is 0.500. The van der Waals surface area contributed by atoms with Crippen LogP contribution in [0.15, 0.2) is 30.3 Å². The highest BCUT2D eigenvalue weighted by atomic mass is 16.7. The Kier molecular flexibility index (Phi) is 6.23. The van der Waals surface area contributed by atoms with E-state index in [1.807, 2.05) is 18.2 Å². The molecule has 1 saturated heterocycles. The molecule has 6 heteroatoms. The van der Waals surface area contributed by atoms with Crippen molar-refractivity contribution in [2.75, 3.05) is 40.6 Å². The van der Waals surface area contributed by atoms with E-state index in [1.54, 1.807) is 20.3 Å². The molecule has 0 amide bonds. The molecule has 0 unspecified atom stereocenters. The van der Waals surface area contributed by atoms with Crippen LogP contribution in [0.5, 0.6) is 28.7 Å². The van der Waals surface area contributed by atoms with E-state index in [9.17, 15) is 5.11 Å². The van der Waals surface area contributed by atoms with E-state index in [0.29, 0.717) is 11.5 Å². The first-order valence-corrected chi connectivity index (χ1v) is 10.7. The molecule has 30 heavy (non-hydrogen) atoms. The predicted molar refractivity (Wildman–Crippen MR) is 115 cm³/mol. The zero-order valence-corrected chi connectivity index (χ0v) is 18.0. The number of hydrogen-bond donors (Lipinski definition) is 1. The molecule has 162 valence electrons. The van der Waals surface area contributed by atoms with Crippen LogP contribution in [0.2, 0.25) is 0 Å². The average molecular weight is 414 g/mol. The van der Waals surface area contributed by atoms with Gasteiger partial charge in [0.2, 0.25) is 6.79 Å².